The van der Waals surface area contributed by atoms with Crippen molar-refractivity contribution in [3.8, 4) is 0 Å². The van der Waals surface area contributed by atoms with Gasteiger partial charge in [-0.05, 0) is 43.9 Å². The van der Waals surface area contributed by atoms with Gasteiger partial charge in [0.25, 0.3) is 0 Å². The lowest BCUT2D eigenvalue weighted by molar-refractivity contribution is -0.116. The molecular weight excluding hydrogens is 286 g/mol. The molecule has 1 aliphatic rings. The van der Waals surface area contributed by atoms with Gasteiger partial charge < -0.3 is 11.1 Å². The third-order valence-corrected chi connectivity index (χ3v) is 4.40. The standard InChI is InChI=1S/C16H24ClN3O/c1-11-3-4-12(2)20(10-11)8-7-16(21)19-15-6-5-13(17)9-14(15)18/h5-6,9,11-12H,3-4,7-8,10,18H2,1-2H3,(H,19,21). The van der Waals surface area contributed by atoms with Gasteiger partial charge in [-0.25, -0.2) is 0 Å². The van der Waals surface area contributed by atoms with E-state index in [1.807, 2.05) is 0 Å². The SMILES string of the molecule is CC1CCC(C)N(CCC(=O)Nc2ccc(Cl)cc2N)C1. The summed E-state index contributed by atoms with van der Waals surface area (Å²) < 4.78 is 0. The number of carbonyl (C=O) groups excluding carboxylic acids is 1. The van der Waals surface area contributed by atoms with E-state index in [0.717, 1.165) is 19.0 Å². The Morgan fingerprint density at radius 2 is 2.19 bits per heavy atom. The molecule has 0 aliphatic carbocycles. The quantitative estimate of drug-likeness (QED) is 0.838. The first-order valence-electron chi connectivity index (χ1n) is 7.54. The summed E-state index contributed by atoms with van der Waals surface area (Å²) in [6, 6.07) is 5.67. The van der Waals surface area contributed by atoms with Gasteiger partial charge in [0.15, 0.2) is 0 Å². The third kappa shape index (κ3) is 4.61. The maximum absolute atomic E-state index is 12.1. The van der Waals surface area contributed by atoms with E-state index in [2.05, 4.69) is 24.1 Å². The first-order chi connectivity index (χ1) is 9.95. The molecule has 0 aromatic heterocycles. The van der Waals surface area contributed by atoms with Crippen molar-refractivity contribution in [1.29, 1.82) is 0 Å². The van der Waals surface area contributed by atoms with Crippen LogP contribution in [-0.4, -0.2) is 29.9 Å². The summed E-state index contributed by atoms with van der Waals surface area (Å²) >= 11 is 5.85. The van der Waals surface area contributed by atoms with Crippen LogP contribution in [0.5, 0.6) is 0 Å². The van der Waals surface area contributed by atoms with E-state index in [1.54, 1.807) is 18.2 Å². The van der Waals surface area contributed by atoms with Crippen LogP contribution in [0.25, 0.3) is 0 Å². The molecule has 1 heterocycles. The van der Waals surface area contributed by atoms with E-state index >= 15 is 0 Å². The van der Waals surface area contributed by atoms with Crippen molar-refractivity contribution >= 4 is 28.9 Å². The van der Waals surface area contributed by atoms with Crippen LogP contribution in [0.3, 0.4) is 0 Å². The van der Waals surface area contributed by atoms with E-state index in [4.69, 9.17) is 17.3 Å². The number of nitrogens with zero attached hydrogens (tertiary/aromatic N) is 1. The van der Waals surface area contributed by atoms with Crippen molar-refractivity contribution in [3.63, 3.8) is 0 Å². The second kappa shape index (κ2) is 7.14. The molecule has 0 radical (unpaired) electrons. The van der Waals surface area contributed by atoms with Crippen LogP contribution in [0.4, 0.5) is 11.4 Å². The average Bonchev–Trinajstić information content (AvgIpc) is 2.43. The molecule has 2 atom stereocenters. The second-order valence-corrected chi connectivity index (χ2v) is 6.49. The molecule has 1 aromatic rings. The number of hydrogen-bond acceptors (Lipinski definition) is 3. The predicted molar refractivity (Wildman–Crippen MR) is 88.5 cm³/mol. The number of piperidine rings is 1. The lowest BCUT2D eigenvalue weighted by Crippen LogP contribution is -2.42. The van der Waals surface area contributed by atoms with Crippen molar-refractivity contribution in [3.05, 3.63) is 23.2 Å². The van der Waals surface area contributed by atoms with Crippen LogP contribution in [0.2, 0.25) is 5.02 Å². The van der Waals surface area contributed by atoms with E-state index < -0.39 is 0 Å². The van der Waals surface area contributed by atoms with Crippen LogP contribution < -0.4 is 11.1 Å². The average molecular weight is 310 g/mol. The number of nitrogen functional groups attached to an aromatic ring is 1. The fourth-order valence-corrected chi connectivity index (χ4v) is 2.98. The number of anilines is 2. The monoisotopic (exact) mass is 309 g/mol. The smallest absolute Gasteiger partial charge is 0.225 e. The summed E-state index contributed by atoms with van der Waals surface area (Å²) in [5.41, 5.74) is 6.96. The molecule has 1 aliphatic heterocycles. The Kier molecular flexibility index (Phi) is 5.48. The van der Waals surface area contributed by atoms with Crippen molar-refractivity contribution in [1.82, 2.24) is 4.90 Å². The first kappa shape index (κ1) is 16.1. The van der Waals surface area contributed by atoms with Gasteiger partial charge in [0.05, 0.1) is 11.4 Å². The Labute approximate surface area is 131 Å². The zero-order valence-corrected chi connectivity index (χ0v) is 13.5. The molecule has 2 rings (SSSR count). The van der Waals surface area contributed by atoms with Crippen LogP contribution in [0.15, 0.2) is 18.2 Å². The van der Waals surface area contributed by atoms with E-state index in [1.165, 1.54) is 12.8 Å². The molecule has 4 nitrogen and oxygen atoms in total. The minimum absolute atomic E-state index is 0.00514. The van der Waals surface area contributed by atoms with Crippen molar-refractivity contribution < 1.29 is 4.79 Å². The van der Waals surface area contributed by atoms with Crippen LogP contribution in [0, 0.1) is 5.92 Å². The molecule has 2 unspecified atom stereocenters. The Balaban J connectivity index is 1.84. The van der Waals surface area contributed by atoms with Crippen LogP contribution in [-0.2, 0) is 4.79 Å². The number of nitrogens with one attached hydrogen (secondary N) is 1. The third-order valence-electron chi connectivity index (χ3n) is 4.16. The summed E-state index contributed by atoms with van der Waals surface area (Å²) in [5.74, 6) is 0.714. The Bertz CT molecular complexity index is 506. The Morgan fingerprint density at radius 1 is 1.43 bits per heavy atom. The maximum Gasteiger partial charge on any atom is 0.225 e. The summed E-state index contributed by atoms with van der Waals surface area (Å²) in [7, 11) is 0. The number of benzene rings is 1. The minimum Gasteiger partial charge on any atom is -0.397 e. The van der Waals surface area contributed by atoms with Crippen molar-refractivity contribution in [2.75, 3.05) is 24.1 Å². The van der Waals surface area contributed by atoms with Gasteiger partial charge in [0.2, 0.25) is 5.91 Å². The fourth-order valence-electron chi connectivity index (χ4n) is 2.80. The highest BCUT2D eigenvalue weighted by Gasteiger charge is 2.23. The largest absolute Gasteiger partial charge is 0.397 e. The highest BCUT2D eigenvalue weighted by molar-refractivity contribution is 6.31. The number of carbonyl (C=O) groups is 1. The molecule has 1 amide bonds. The van der Waals surface area contributed by atoms with Gasteiger partial charge in [-0.1, -0.05) is 18.5 Å². The zero-order valence-electron chi connectivity index (χ0n) is 12.7. The molecule has 116 valence electrons. The van der Waals surface area contributed by atoms with E-state index in [0.29, 0.717) is 28.9 Å². The van der Waals surface area contributed by atoms with E-state index in [9.17, 15) is 4.79 Å². The molecule has 1 saturated heterocycles. The Hall–Kier alpha value is -1.26. The molecule has 21 heavy (non-hydrogen) atoms. The second-order valence-electron chi connectivity index (χ2n) is 6.06. The number of nitrogens with two attached hydrogens (primary N) is 1. The van der Waals surface area contributed by atoms with Gasteiger partial charge in [0, 0.05) is 30.6 Å². The Morgan fingerprint density at radius 3 is 2.90 bits per heavy atom. The molecule has 0 spiro atoms. The van der Waals surface area contributed by atoms with Gasteiger partial charge >= 0.3 is 0 Å². The molecule has 3 N–H and O–H groups in total. The first-order valence-corrected chi connectivity index (χ1v) is 7.92. The van der Waals surface area contributed by atoms with Gasteiger partial charge in [-0.15, -0.1) is 0 Å². The number of halogens is 1. The van der Waals surface area contributed by atoms with Gasteiger partial charge in [-0.2, -0.15) is 0 Å². The summed E-state index contributed by atoms with van der Waals surface area (Å²) in [6.07, 6.45) is 2.98. The maximum atomic E-state index is 12.1. The number of amides is 1. The summed E-state index contributed by atoms with van der Waals surface area (Å²) in [6.45, 7) is 6.39. The molecule has 0 saturated carbocycles. The highest BCUT2D eigenvalue weighted by Crippen LogP contribution is 2.23. The molecule has 5 heteroatoms. The predicted octanol–water partition coefficient (Wildman–Crippen LogP) is 3.37. The number of likely N-dealkylation sites (tertiary alicyclic amines) is 1. The van der Waals surface area contributed by atoms with Crippen molar-refractivity contribution in [2.45, 2.75) is 39.2 Å². The summed E-state index contributed by atoms with van der Waals surface area (Å²) in [4.78, 5) is 14.5. The minimum atomic E-state index is -0.00514. The number of hydrogen-bond donors (Lipinski definition) is 2. The topological polar surface area (TPSA) is 58.4 Å². The normalized spacial score (nSPS) is 23.0. The van der Waals surface area contributed by atoms with E-state index in [-0.39, 0.29) is 5.91 Å². The van der Waals surface area contributed by atoms with Gasteiger partial charge in [0.1, 0.15) is 0 Å². The summed E-state index contributed by atoms with van der Waals surface area (Å²) in [5, 5.41) is 3.42. The van der Waals surface area contributed by atoms with Crippen LogP contribution in [0.1, 0.15) is 33.1 Å². The molecule has 1 fully saturated rings. The highest BCUT2D eigenvalue weighted by atomic mass is 35.5. The molecular formula is C16H24ClN3O. The lowest BCUT2D eigenvalue weighted by Gasteiger charge is -2.36. The van der Waals surface area contributed by atoms with Gasteiger partial charge in [-0.3, -0.25) is 9.69 Å². The van der Waals surface area contributed by atoms with Crippen LogP contribution >= 0.6 is 11.6 Å². The zero-order chi connectivity index (χ0) is 15.4. The van der Waals surface area contributed by atoms with Crippen molar-refractivity contribution in [2.24, 2.45) is 5.92 Å². The molecule has 0 bridgehead atoms. The number of rotatable bonds is 4. The lowest BCUT2D eigenvalue weighted by atomic mass is 9.95. The fraction of sp³-hybridized carbons (Fsp3) is 0.562. The molecule has 1 aromatic carbocycles.